The Balaban J connectivity index is 0.00000504. The molecule has 1 atom stereocenters. The fourth-order valence-electron chi connectivity index (χ4n) is 7.02. The van der Waals surface area contributed by atoms with Gasteiger partial charge in [0.2, 0.25) is 11.8 Å². The first-order valence-electron chi connectivity index (χ1n) is 17.5. The number of aryl methyl sites for hydroxylation is 1. The Hall–Kier alpha value is -4.39. The number of hydrogen-bond donors (Lipinski definition) is 6. The quantitative estimate of drug-likeness (QED) is 0.115. The third-order valence-corrected chi connectivity index (χ3v) is 10.0. The van der Waals surface area contributed by atoms with Crippen LogP contribution in [0.1, 0.15) is 72.3 Å². The molecule has 1 saturated carbocycles. The lowest BCUT2D eigenvalue weighted by molar-refractivity contribution is -0.130. The molecule has 0 spiro atoms. The molecule has 2 aliphatic rings. The van der Waals surface area contributed by atoms with Gasteiger partial charge in [0.1, 0.15) is 6.04 Å². The number of benzene rings is 3. The van der Waals surface area contributed by atoms with Crippen LogP contribution < -0.4 is 27.0 Å². The summed E-state index contributed by atoms with van der Waals surface area (Å²) >= 11 is 0. The molecule has 1 aliphatic carbocycles. The molecule has 0 bridgehead atoms. The van der Waals surface area contributed by atoms with Crippen molar-refractivity contribution in [1.82, 2.24) is 25.9 Å². The van der Waals surface area contributed by atoms with E-state index < -0.39 is 24.2 Å². The second-order valence-electron chi connectivity index (χ2n) is 13.6. The number of carbonyl (C=O) groups excluding carboxylic acids is 3. The minimum Gasteiger partial charge on any atom is -0.349 e. The van der Waals surface area contributed by atoms with Crippen LogP contribution in [0.4, 0.5) is 14.5 Å². The van der Waals surface area contributed by atoms with E-state index in [1.165, 1.54) is 0 Å². The predicted molar refractivity (Wildman–Crippen MR) is 197 cm³/mol. The number of nitrogens with zero attached hydrogens (tertiary/aromatic N) is 1. The molecule has 10 nitrogen and oxygen atoms in total. The molecule has 0 radical (unpaired) electrons. The van der Waals surface area contributed by atoms with E-state index >= 15 is 0 Å². The largest absolute Gasteiger partial charge is 0.349 e. The van der Waals surface area contributed by atoms with Crippen LogP contribution in [0, 0.1) is 18.8 Å². The number of alkyl halides is 2. The normalized spacial score (nSPS) is 18.5. The van der Waals surface area contributed by atoms with Crippen LogP contribution in [0.25, 0.3) is 22.2 Å². The van der Waals surface area contributed by atoms with Crippen LogP contribution in [0.15, 0.2) is 60.7 Å². The van der Waals surface area contributed by atoms with Gasteiger partial charge in [0.05, 0.1) is 11.0 Å². The molecular weight excluding hydrogens is 676 g/mol. The van der Waals surface area contributed by atoms with Crippen molar-refractivity contribution < 1.29 is 23.2 Å². The smallest absolute Gasteiger partial charge is 0.295 e. The van der Waals surface area contributed by atoms with Gasteiger partial charge in [0.15, 0.2) is 5.82 Å². The number of aromatic nitrogens is 2. The number of hydrogen-bond acceptors (Lipinski definition) is 6. The molecule has 3 amide bonds. The van der Waals surface area contributed by atoms with Gasteiger partial charge in [-0.15, -0.1) is 12.4 Å². The van der Waals surface area contributed by atoms with Crippen molar-refractivity contribution in [2.75, 3.05) is 25.0 Å². The maximum atomic E-state index is 13.7. The highest BCUT2D eigenvalue weighted by Crippen LogP contribution is 2.29. The van der Waals surface area contributed by atoms with Gasteiger partial charge in [-0.3, -0.25) is 14.4 Å². The molecule has 0 unspecified atom stereocenters. The highest BCUT2D eigenvalue weighted by atomic mass is 35.5. The van der Waals surface area contributed by atoms with Gasteiger partial charge in [0.25, 0.3) is 12.3 Å². The van der Waals surface area contributed by atoms with E-state index in [4.69, 9.17) is 5.73 Å². The monoisotopic (exact) mass is 721 g/mol. The van der Waals surface area contributed by atoms with E-state index in [-0.39, 0.29) is 42.6 Å². The number of H-pyrrole nitrogens is 1. The predicted octanol–water partition coefficient (Wildman–Crippen LogP) is 5.81. The molecule has 4 aromatic rings. The number of piperidine rings is 1. The Morgan fingerprint density at radius 1 is 0.941 bits per heavy atom. The zero-order valence-corrected chi connectivity index (χ0v) is 29.5. The molecule has 1 saturated heterocycles. The number of nitrogens with one attached hydrogen (secondary N) is 5. The number of imidazole rings is 1. The lowest BCUT2D eigenvalue weighted by Gasteiger charge is -2.28. The summed E-state index contributed by atoms with van der Waals surface area (Å²) in [6, 6.07) is 17.6. The Morgan fingerprint density at radius 2 is 1.67 bits per heavy atom. The molecule has 3 aromatic carbocycles. The van der Waals surface area contributed by atoms with Crippen molar-refractivity contribution in [3.63, 3.8) is 0 Å². The van der Waals surface area contributed by atoms with Gasteiger partial charge in [-0.25, -0.2) is 13.8 Å². The third-order valence-electron chi connectivity index (χ3n) is 10.0. The molecule has 2 heterocycles. The zero-order chi connectivity index (χ0) is 35.2. The Labute approximate surface area is 302 Å². The Bertz CT molecular complexity index is 1820. The van der Waals surface area contributed by atoms with Crippen molar-refractivity contribution in [2.24, 2.45) is 17.6 Å². The van der Waals surface area contributed by atoms with E-state index in [1.807, 2.05) is 49.4 Å². The van der Waals surface area contributed by atoms with E-state index in [2.05, 4.69) is 31.2 Å². The Morgan fingerprint density at radius 3 is 2.33 bits per heavy atom. The summed E-state index contributed by atoms with van der Waals surface area (Å²) in [5.41, 5.74) is 11.4. The topological polar surface area (TPSA) is 154 Å². The minimum atomic E-state index is -2.75. The van der Waals surface area contributed by atoms with E-state index in [0.717, 1.165) is 73.9 Å². The lowest BCUT2D eigenvalue weighted by atomic mass is 9.81. The van der Waals surface area contributed by atoms with Crippen molar-refractivity contribution in [3.8, 4) is 11.1 Å². The number of nitrogens with two attached hydrogens (primary N) is 1. The van der Waals surface area contributed by atoms with E-state index in [9.17, 15) is 23.2 Å². The molecule has 51 heavy (non-hydrogen) atoms. The molecule has 7 N–H and O–H groups in total. The van der Waals surface area contributed by atoms with Crippen molar-refractivity contribution >= 4 is 46.8 Å². The molecule has 1 aliphatic heterocycles. The summed E-state index contributed by atoms with van der Waals surface area (Å²) in [6.45, 7) is 4.39. The van der Waals surface area contributed by atoms with Gasteiger partial charge in [-0.05, 0) is 124 Å². The van der Waals surface area contributed by atoms with Crippen LogP contribution in [-0.2, 0) is 16.0 Å². The van der Waals surface area contributed by atoms with Crippen LogP contribution in [0.5, 0.6) is 0 Å². The van der Waals surface area contributed by atoms with E-state index in [1.54, 1.807) is 18.2 Å². The van der Waals surface area contributed by atoms with Gasteiger partial charge < -0.3 is 32.0 Å². The second-order valence-corrected chi connectivity index (χ2v) is 13.6. The standard InChI is InChI=1S/C38H45F2N7O3.ClH/c1-22-18-27(37(49)43-28-14-16-42-17-15-28)10-12-30(22)25-6-2-23(3-7-25)19-33(47-36(48)26-8-4-24(21-41)5-9-26)38(50)44-29-11-13-31-32(20-29)46-35(45-31)34(39)40;/h2-3,6-7,10-13,18,20,24,26,28,33-34,42H,4-5,8-9,14-17,19,21,41H2,1H3,(H,43,49)(H,44,50)(H,45,46)(H,47,48);1H/t24?,26?,33-;/m0./s1. The molecule has 1 aromatic heterocycles. The number of anilines is 1. The van der Waals surface area contributed by atoms with Gasteiger partial charge in [-0.1, -0.05) is 30.3 Å². The van der Waals surface area contributed by atoms with Crippen LogP contribution >= 0.6 is 12.4 Å². The molecule has 6 rings (SSSR count). The average molecular weight is 722 g/mol. The zero-order valence-electron chi connectivity index (χ0n) is 28.6. The maximum absolute atomic E-state index is 13.7. The average Bonchev–Trinajstić information content (AvgIpc) is 3.56. The van der Waals surface area contributed by atoms with Gasteiger partial charge >= 0.3 is 0 Å². The Kier molecular flexibility index (Phi) is 12.8. The van der Waals surface area contributed by atoms with Gasteiger partial charge in [-0.2, -0.15) is 0 Å². The van der Waals surface area contributed by atoms with Crippen LogP contribution in [-0.4, -0.2) is 59.4 Å². The second kappa shape index (κ2) is 17.2. The number of halogens is 3. The highest BCUT2D eigenvalue weighted by Gasteiger charge is 2.29. The number of amides is 3. The van der Waals surface area contributed by atoms with Crippen LogP contribution in [0.2, 0.25) is 0 Å². The number of rotatable bonds is 11. The number of carbonyl (C=O) groups is 3. The number of aromatic amines is 1. The lowest BCUT2D eigenvalue weighted by Crippen LogP contribution is -2.48. The molecule has 272 valence electrons. The molecular formula is C38H46ClF2N7O3. The molecule has 2 fully saturated rings. The summed E-state index contributed by atoms with van der Waals surface area (Å²) < 4.78 is 26.4. The minimum absolute atomic E-state index is 0. The highest BCUT2D eigenvalue weighted by molar-refractivity contribution is 5.99. The van der Waals surface area contributed by atoms with E-state index in [0.29, 0.717) is 34.7 Å². The van der Waals surface area contributed by atoms with Gasteiger partial charge in [0, 0.05) is 29.6 Å². The summed E-state index contributed by atoms with van der Waals surface area (Å²) in [5.74, 6) is -0.870. The summed E-state index contributed by atoms with van der Waals surface area (Å²) in [4.78, 5) is 46.5. The van der Waals surface area contributed by atoms with Crippen molar-refractivity contribution in [1.29, 1.82) is 0 Å². The third kappa shape index (κ3) is 9.49. The number of fused-ring (bicyclic) bond motifs is 1. The van der Waals surface area contributed by atoms with Crippen LogP contribution in [0.3, 0.4) is 0 Å². The first-order valence-corrected chi connectivity index (χ1v) is 17.5. The summed E-state index contributed by atoms with van der Waals surface area (Å²) in [6.07, 6.45) is 2.53. The summed E-state index contributed by atoms with van der Waals surface area (Å²) in [5, 5.41) is 12.3. The SMILES string of the molecule is Cc1cc(C(=O)NC2CCNCC2)ccc1-c1ccc(C[C@H](NC(=O)C2CCC(CN)CC2)C(=O)Nc2ccc3nc(C(F)F)[nH]c3c2)cc1.Cl. The first-order chi connectivity index (χ1) is 24.2. The molecule has 13 heteroatoms. The fourth-order valence-corrected chi connectivity index (χ4v) is 7.02. The van der Waals surface area contributed by atoms with Crippen molar-refractivity contribution in [2.45, 2.75) is 70.4 Å². The first kappa shape index (κ1) is 37.9. The maximum Gasteiger partial charge on any atom is 0.295 e. The summed E-state index contributed by atoms with van der Waals surface area (Å²) in [7, 11) is 0. The van der Waals surface area contributed by atoms with Crippen molar-refractivity contribution in [3.05, 3.63) is 83.2 Å². The fraction of sp³-hybridized carbons (Fsp3) is 0.421.